The molecule has 0 bridgehead atoms. The Bertz CT molecular complexity index is 456. The topological polar surface area (TPSA) is 121 Å². The van der Waals surface area contributed by atoms with Crippen LogP contribution in [0, 0.1) is 0 Å². The number of ether oxygens (including phenoxy) is 1. The number of hydrogen-bond donors (Lipinski definition) is 3. The minimum absolute atomic E-state index is 0.0299. The van der Waals surface area contributed by atoms with Gasteiger partial charge in [-0.3, -0.25) is 10.1 Å². The zero-order chi connectivity index (χ0) is 12.8. The molecule has 9 heteroatoms. The van der Waals surface area contributed by atoms with E-state index in [0.717, 1.165) is 11.3 Å². The molecule has 1 amide bonds. The van der Waals surface area contributed by atoms with Gasteiger partial charge in [-0.2, -0.15) is 0 Å². The van der Waals surface area contributed by atoms with Crippen LogP contribution in [0.5, 0.6) is 0 Å². The number of carbonyl (C=O) groups excluding carboxylic acids is 1. The fraction of sp³-hybridized carbons (Fsp3) is 0.250. The fourth-order valence-electron chi connectivity index (χ4n) is 0.930. The number of rotatable bonds is 5. The van der Waals surface area contributed by atoms with Crippen LogP contribution in [0.4, 0.5) is 5.13 Å². The van der Waals surface area contributed by atoms with Crippen molar-refractivity contribution in [2.75, 3.05) is 19.0 Å². The molecule has 1 heterocycles. The van der Waals surface area contributed by atoms with E-state index in [1.165, 1.54) is 12.5 Å². The highest BCUT2D eigenvalue weighted by Gasteiger charge is 2.17. The van der Waals surface area contributed by atoms with E-state index in [9.17, 15) is 9.59 Å². The van der Waals surface area contributed by atoms with Crippen LogP contribution in [-0.4, -0.2) is 46.6 Å². The van der Waals surface area contributed by atoms with Gasteiger partial charge in [-0.05, 0) is 0 Å². The van der Waals surface area contributed by atoms with E-state index >= 15 is 0 Å². The van der Waals surface area contributed by atoms with E-state index < -0.39 is 17.6 Å². The lowest BCUT2D eigenvalue weighted by Gasteiger charge is -1.98. The highest BCUT2D eigenvalue weighted by Crippen LogP contribution is 2.16. The Morgan fingerprint density at radius 2 is 2.35 bits per heavy atom. The summed E-state index contributed by atoms with van der Waals surface area (Å²) in [5, 5.41) is 23.7. The number of carbonyl (C=O) groups is 2. The maximum Gasteiger partial charge on any atom is 0.360 e. The number of aromatic nitrogens is 1. The van der Waals surface area contributed by atoms with Crippen LogP contribution in [0.3, 0.4) is 0 Å². The number of oxime groups is 1. The standard InChI is InChI=1S/C8H9N3O5S/c1-16-2-5(12)10-8-9-4(3-17-8)6(11-15)7(13)14/h3,15H,2H2,1H3,(H,13,14)(H,9,10,12). The highest BCUT2D eigenvalue weighted by atomic mass is 32.1. The highest BCUT2D eigenvalue weighted by molar-refractivity contribution is 7.14. The molecule has 0 radical (unpaired) electrons. The van der Waals surface area contributed by atoms with Crippen molar-refractivity contribution in [1.82, 2.24) is 4.98 Å². The normalized spacial score (nSPS) is 11.2. The molecule has 1 aromatic rings. The smallest absolute Gasteiger partial charge is 0.360 e. The Labute approximate surface area is 99.5 Å². The van der Waals surface area contributed by atoms with Crippen LogP contribution < -0.4 is 5.32 Å². The van der Waals surface area contributed by atoms with E-state index in [1.54, 1.807) is 0 Å². The third-order valence-electron chi connectivity index (χ3n) is 1.57. The quantitative estimate of drug-likeness (QED) is 0.388. The number of nitrogens with one attached hydrogen (secondary N) is 1. The van der Waals surface area contributed by atoms with Crippen molar-refractivity contribution in [1.29, 1.82) is 0 Å². The molecule has 0 aliphatic carbocycles. The van der Waals surface area contributed by atoms with Gasteiger partial charge in [0.25, 0.3) is 5.91 Å². The molecule has 0 fully saturated rings. The molecule has 1 rings (SSSR count). The number of methoxy groups -OCH3 is 1. The van der Waals surface area contributed by atoms with E-state index in [0.29, 0.717) is 0 Å². The zero-order valence-corrected chi connectivity index (χ0v) is 9.52. The fourth-order valence-corrected chi connectivity index (χ4v) is 1.64. The minimum atomic E-state index is -1.41. The molecule has 0 aromatic carbocycles. The summed E-state index contributed by atoms with van der Waals surface area (Å²) in [4.78, 5) is 25.5. The van der Waals surface area contributed by atoms with Crippen LogP contribution in [0.25, 0.3) is 0 Å². The van der Waals surface area contributed by atoms with Gasteiger partial charge in [0.2, 0.25) is 5.71 Å². The van der Waals surface area contributed by atoms with Crippen LogP contribution in [0.2, 0.25) is 0 Å². The number of nitrogens with zero attached hydrogens (tertiary/aromatic N) is 2. The molecule has 0 atom stereocenters. The van der Waals surface area contributed by atoms with Crippen LogP contribution in [-0.2, 0) is 14.3 Å². The Morgan fingerprint density at radius 1 is 1.65 bits per heavy atom. The Kier molecular flexibility index (Phi) is 4.55. The van der Waals surface area contributed by atoms with Crippen molar-refractivity contribution in [3.05, 3.63) is 11.1 Å². The summed E-state index contributed by atoms with van der Waals surface area (Å²) in [6.07, 6.45) is 0. The molecule has 0 aliphatic heterocycles. The summed E-state index contributed by atoms with van der Waals surface area (Å²) in [5.74, 6) is -1.82. The summed E-state index contributed by atoms with van der Waals surface area (Å²) in [5.41, 5.74) is -0.619. The number of amides is 1. The average Bonchev–Trinajstić information content (AvgIpc) is 2.67. The van der Waals surface area contributed by atoms with Gasteiger partial charge in [0, 0.05) is 12.5 Å². The number of aliphatic carboxylic acids is 1. The van der Waals surface area contributed by atoms with Crippen molar-refractivity contribution >= 4 is 34.1 Å². The first kappa shape index (κ1) is 13.1. The number of hydrogen-bond acceptors (Lipinski definition) is 7. The van der Waals surface area contributed by atoms with Crippen molar-refractivity contribution in [2.45, 2.75) is 0 Å². The maximum atomic E-state index is 11.1. The molecule has 0 spiro atoms. The molecule has 8 nitrogen and oxygen atoms in total. The Balaban J connectivity index is 2.78. The molecule has 3 N–H and O–H groups in total. The predicted octanol–water partition coefficient (Wildman–Crippen LogP) is -0.00910. The molecule has 92 valence electrons. The lowest BCUT2D eigenvalue weighted by molar-refractivity contribution is -0.129. The van der Waals surface area contributed by atoms with Gasteiger partial charge in [-0.25, -0.2) is 9.78 Å². The van der Waals surface area contributed by atoms with Gasteiger partial charge < -0.3 is 15.1 Å². The summed E-state index contributed by atoms with van der Waals surface area (Å²) in [6, 6.07) is 0. The van der Waals surface area contributed by atoms with Gasteiger partial charge in [-0.15, -0.1) is 11.3 Å². The molecular weight excluding hydrogens is 250 g/mol. The monoisotopic (exact) mass is 259 g/mol. The summed E-state index contributed by atoms with van der Waals surface area (Å²) >= 11 is 1.01. The number of carboxylic acid groups (broad SMARTS) is 1. The van der Waals surface area contributed by atoms with Gasteiger partial charge in [0.05, 0.1) is 0 Å². The minimum Gasteiger partial charge on any atom is -0.476 e. The van der Waals surface area contributed by atoms with Crippen molar-refractivity contribution in [2.24, 2.45) is 5.16 Å². The molecule has 0 saturated carbocycles. The third-order valence-corrected chi connectivity index (χ3v) is 2.33. The first-order valence-electron chi connectivity index (χ1n) is 4.28. The molecule has 17 heavy (non-hydrogen) atoms. The predicted molar refractivity (Wildman–Crippen MR) is 58.6 cm³/mol. The first-order valence-corrected chi connectivity index (χ1v) is 5.16. The lowest BCUT2D eigenvalue weighted by Crippen LogP contribution is -2.18. The largest absolute Gasteiger partial charge is 0.476 e. The van der Waals surface area contributed by atoms with Gasteiger partial charge >= 0.3 is 5.97 Å². The third kappa shape index (κ3) is 3.50. The van der Waals surface area contributed by atoms with Gasteiger partial charge in [-0.1, -0.05) is 5.16 Å². The zero-order valence-electron chi connectivity index (χ0n) is 8.71. The summed E-state index contributed by atoms with van der Waals surface area (Å²) in [6.45, 7) is -0.130. The van der Waals surface area contributed by atoms with Crippen molar-refractivity contribution < 1.29 is 24.6 Å². The average molecular weight is 259 g/mol. The summed E-state index contributed by atoms with van der Waals surface area (Å²) < 4.78 is 4.60. The Morgan fingerprint density at radius 3 is 2.88 bits per heavy atom. The van der Waals surface area contributed by atoms with Crippen molar-refractivity contribution in [3.63, 3.8) is 0 Å². The van der Waals surface area contributed by atoms with Gasteiger partial charge in [0.1, 0.15) is 12.3 Å². The summed E-state index contributed by atoms with van der Waals surface area (Å²) in [7, 11) is 1.37. The second-order valence-corrected chi connectivity index (χ2v) is 3.63. The van der Waals surface area contributed by atoms with E-state index in [2.05, 4.69) is 20.2 Å². The molecule has 0 aliphatic rings. The number of anilines is 1. The van der Waals surface area contributed by atoms with E-state index in [4.69, 9.17) is 10.3 Å². The second-order valence-electron chi connectivity index (χ2n) is 2.77. The molecule has 0 saturated heterocycles. The Hall–Kier alpha value is -2.00. The van der Waals surface area contributed by atoms with Crippen LogP contribution >= 0.6 is 11.3 Å². The van der Waals surface area contributed by atoms with E-state index in [1.807, 2.05) is 0 Å². The molecule has 1 aromatic heterocycles. The van der Waals surface area contributed by atoms with Crippen molar-refractivity contribution in [3.8, 4) is 0 Å². The first-order chi connectivity index (χ1) is 8.08. The SMILES string of the molecule is COCC(=O)Nc1nc(C(=NO)C(=O)O)cs1. The lowest BCUT2D eigenvalue weighted by atomic mass is 10.3. The molecular formula is C8H9N3O5S. The van der Waals surface area contributed by atoms with E-state index in [-0.39, 0.29) is 17.4 Å². The van der Waals surface area contributed by atoms with Crippen LogP contribution in [0.15, 0.2) is 10.5 Å². The number of carboxylic acids is 1. The molecule has 0 unspecified atom stereocenters. The second kappa shape index (κ2) is 5.92. The van der Waals surface area contributed by atoms with Gasteiger partial charge in [0.15, 0.2) is 5.13 Å². The maximum absolute atomic E-state index is 11.1. The number of thiazole rings is 1. The van der Waals surface area contributed by atoms with Crippen LogP contribution in [0.1, 0.15) is 5.69 Å².